The number of aromatic hydroxyl groups is 1. The smallest absolute Gasteiger partial charge is 0.274 e. The van der Waals surface area contributed by atoms with Crippen molar-refractivity contribution >= 4 is 27.5 Å². The van der Waals surface area contributed by atoms with E-state index in [9.17, 15) is 14.3 Å². The monoisotopic (exact) mass is 350 g/mol. The van der Waals surface area contributed by atoms with Gasteiger partial charge in [0, 0.05) is 10.0 Å². The molecular formula is C15H12BrFN2O2. The molecule has 4 nitrogen and oxygen atoms in total. The summed E-state index contributed by atoms with van der Waals surface area (Å²) in [5.74, 6) is -1.23. The molecule has 0 unspecified atom stereocenters. The Morgan fingerprint density at radius 2 is 1.95 bits per heavy atom. The summed E-state index contributed by atoms with van der Waals surface area (Å²) in [6, 6.07) is 10.5. The molecule has 0 bridgehead atoms. The van der Waals surface area contributed by atoms with Crippen molar-refractivity contribution in [1.29, 1.82) is 0 Å². The van der Waals surface area contributed by atoms with Crippen molar-refractivity contribution in [2.75, 3.05) is 0 Å². The second-order valence-corrected chi connectivity index (χ2v) is 5.20. The number of hydrogen-bond acceptors (Lipinski definition) is 3. The maximum Gasteiger partial charge on any atom is 0.274 e. The summed E-state index contributed by atoms with van der Waals surface area (Å²) in [5.41, 5.74) is 3.05. The summed E-state index contributed by atoms with van der Waals surface area (Å²) >= 11 is 3.29. The Morgan fingerprint density at radius 3 is 2.67 bits per heavy atom. The van der Waals surface area contributed by atoms with Gasteiger partial charge < -0.3 is 5.11 Å². The molecule has 21 heavy (non-hydrogen) atoms. The van der Waals surface area contributed by atoms with Crippen LogP contribution in [-0.2, 0) is 0 Å². The summed E-state index contributed by atoms with van der Waals surface area (Å²) in [6.45, 7) is 1.63. The quantitative estimate of drug-likeness (QED) is 0.657. The van der Waals surface area contributed by atoms with Crippen LogP contribution in [0, 0.1) is 5.82 Å². The molecule has 0 saturated carbocycles. The van der Waals surface area contributed by atoms with Crippen LogP contribution < -0.4 is 5.43 Å². The SMILES string of the molecule is C/C(=N\NC(=O)c1ccccc1F)c1cc(Br)ccc1O. The molecule has 0 radical (unpaired) electrons. The number of carbonyl (C=O) groups is 1. The van der Waals surface area contributed by atoms with Gasteiger partial charge in [0.2, 0.25) is 0 Å². The third kappa shape index (κ3) is 3.66. The highest BCUT2D eigenvalue weighted by Crippen LogP contribution is 2.22. The first kappa shape index (κ1) is 15.2. The highest BCUT2D eigenvalue weighted by atomic mass is 79.9. The maximum absolute atomic E-state index is 13.4. The Hall–Kier alpha value is -2.21. The van der Waals surface area contributed by atoms with Gasteiger partial charge in [-0.15, -0.1) is 0 Å². The molecule has 6 heteroatoms. The van der Waals surface area contributed by atoms with E-state index in [2.05, 4.69) is 26.5 Å². The standard InChI is InChI=1S/C15H12BrFN2O2/c1-9(12-8-10(16)6-7-14(12)20)18-19-15(21)11-4-2-3-5-13(11)17/h2-8,20H,1H3,(H,19,21)/b18-9+. The predicted octanol–water partition coefficient (Wildman–Crippen LogP) is 3.45. The molecule has 0 spiro atoms. The molecule has 1 amide bonds. The normalized spacial score (nSPS) is 11.3. The minimum absolute atomic E-state index is 0.0413. The average molecular weight is 351 g/mol. The van der Waals surface area contributed by atoms with Gasteiger partial charge in [-0.05, 0) is 37.3 Å². The van der Waals surface area contributed by atoms with E-state index in [1.54, 1.807) is 25.1 Å². The first-order valence-corrected chi connectivity index (χ1v) is 6.86. The van der Waals surface area contributed by atoms with E-state index in [0.717, 1.165) is 4.47 Å². The summed E-state index contributed by atoms with van der Waals surface area (Å²) in [5, 5.41) is 13.6. The number of amides is 1. The second kappa shape index (κ2) is 6.49. The molecule has 2 aromatic carbocycles. The van der Waals surface area contributed by atoms with Crippen LogP contribution in [0.1, 0.15) is 22.8 Å². The Balaban J connectivity index is 2.19. The fourth-order valence-electron chi connectivity index (χ4n) is 1.70. The molecule has 0 aliphatic rings. The van der Waals surface area contributed by atoms with Crippen LogP contribution in [0.2, 0.25) is 0 Å². The molecule has 108 valence electrons. The lowest BCUT2D eigenvalue weighted by Crippen LogP contribution is -2.20. The minimum atomic E-state index is -0.651. The van der Waals surface area contributed by atoms with Crippen molar-refractivity contribution in [2.45, 2.75) is 6.92 Å². The van der Waals surface area contributed by atoms with Gasteiger partial charge in [0.05, 0.1) is 11.3 Å². The molecule has 2 rings (SSSR count). The van der Waals surface area contributed by atoms with Crippen LogP contribution >= 0.6 is 15.9 Å². The molecule has 0 heterocycles. The van der Waals surface area contributed by atoms with Gasteiger partial charge in [-0.3, -0.25) is 4.79 Å². The molecule has 0 aliphatic heterocycles. The molecule has 0 aliphatic carbocycles. The molecule has 0 aromatic heterocycles. The number of carbonyl (C=O) groups excluding carboxylic acids is 1. The second-order valence-electron chi connectivity index (χ2n) is 4.28. The van der Waals surface area contributed by atoms with Gasteiger partial charge in [0.15, 0.2) is 0 Å². The topological polar surface area (TPSA) is 61.7 Å². The summed E-state index contributed by atoms with van der Waals surface area (Å²) in [7, 11) is 0. The molecule has 2 N–H and O–H groups in total. The lowest BCUT2D eigenvalue weighted by molar-refractivity contribution is 0.0951. The van der Waals surface area contributed by atoms with E-state index in [1.165, 1.54) is 24.3 Å². The third-order valence-corrected chi connectivity index (χ3v) is 3.29. The van der Waals surface area contributed by atoms with Crippen molar-refractivity contribution in [3.05, 3.63) is 63.9 Å². The van der Waals surface area contributed by atoms with Crippen molar-refractivity contribution in [3.63, 3.8) is 0 Å². The largest absolute Gasteiger partial charge is 0.507 e. The molecule has 0 fully saturated rings. The zero-order valence-corrected chi connectivity index (χ0v) is 12.7. The molecule has 0 atom stereocenters. The zero-order valence-electron chi connectivity index (χ0n) is 11.1. The number of hydrazone groups is 1. The van der Waals surface area contributed by atoms with Crippen LogP contribution in [0.15, 0.2) is 52.0 Å². The number of phenolic OH excluding ortho intramolecular Hbond substituents is 1. The number of halogens is 2. The van der Waals surface area contributed by atoms with Crippen LogP contribution in [0.25, 0.3) is 0 Å². The van der Waals surface area contributed by atoms with E-state index in [0.29, 0.717) is 11.3 Å². The van der Waals surface area contributed by atoms with Crippen LogP contribution in [0.3, 0.4) is 0 Å². The maximum atomic E-state index is 13.4. The number of rotatable bonds is 3. The van der Waals surface area contributed by atoms with Gasteiger partial charge in [-0.2, -0.15) is 5.10 Å². The minimum Gasteiger partial charge on any atom is -0.507 e. The number of nitrogens with one attached hydrogen (secondary N) is 1. The Kier molecular flexibility index (Phi) is 4.70. The number of benzene rings is 2. The summed E-state index contributed by atoms with van der Waals surface area (Å²) in [4.78, 5) is 11.8. The van der Waals surface area contributed by atoms with Gasteiger partial charge in [-0.1, -0.05) is 28.1 Å². The molecule has 0 saturated heterocycles. The highest BCUT2D eigenvalue weighted by molar-refractivity contribution is 9.10. The van der Waals surface area contributed by atoms with Crippen molar-refractivity contribution in [3.8, 4) is 5.75 Å². The average Bonchev–Trinajstić information content (AvgIpc) is 2.47. The van der Waals surface area contributed by atoms with Crippen molar-refractivity contribution in [2.24, 2.45) is 5.10 Å². The fourth-order valence-corrected chi connectivity index (χ4v) is 2.06. The fraction of sp³-hybridized carbons (Fsp3) is 0.0667. The van der Waals surface area contributed by atoms with Crippen LogP contribution in [0.5, 0.6) is 5.75 Å². The molecular weight excluding hydrogens is 339 g/mol. The number of nitrogens with zero attached hydrogens (tertiary/aromatic N) is 1. The van der Waals surface area contributed by atoms with E-state index in [4.69, 9.17) is 0 Å². The highest BCUT2D eigenvalue weighted by Gasteiger charge is 2.11. The Labute approximate surface area is 129 Å². The lowest BCUT2D eigenvalue weighted by Gasteiger charge is -2.06. The first-order valence-electron chi connectivity index (χ1n) is 6.07. The van der Waals surface area contributed by atoms with Gasteiger partial charge in [0.25, 0.3) is 5.91 Å². The van der Waals surface area contributed by atoms with E-state index in [-0.39, 0.29) is 11.3 Å². The van der Waals surface area contributed by atoms with Gasteiger partial charge in [0.1, 0.15) is 11.6 Å². The van der Waals surface area contributed by atoms with Gasteiger partial charge in [-0.25, -0.2) is 9.82 Å². The lowest BCUT2D eigenvalue weighted by atomic mass is 10.1. The zero-order chi connectivity index (χ0) is 15.4. The summed E-state index contributed by atoms with van der Waals surface area (Å²) < 4.78 is 14.2. The Bertz CT molecular complexity index is 717. The first-order chi connectivity index (χ1) is 9.99. The molecule has 2 aromatic rings. The van der Waals surface area contributed by atoms with Crippen molar-refractivity contribution in [1.82, 2.24) is 5.43 Å². The van der Waals surface area contributed by atoms with Gasteiger partial charge >= 0.3 is 0 Å². The summed E-state index contributed by atoms with van der Waals surface area (Å²) in [6.07, 6.45) is 0. The Morgan fingerprint density at radius 1 is 1.24 bits per heavy atom. The van der Waals surface area contributed by atoms with Crippen LogP contribution in [0.4, 0.5) is 4.39 Å². The van der Waals surface area contributed by atoms with E-state index < -0.39 is 11.7 Å². The number of hydrogen-bond donors (Lipinski definition) is 2. The third-order valence-electron chi connectivity index (χ3n) is 2.79. The van der Waals surface area contributed by atoms with E-state index >= 15 is 0 Å². The van der Waals surface area contributed by atoms with Crippen molar-refractivity contribution < 1.29 is 14.3 Å². The van der Waals surface area contributed by atoms with Crippen LogP contribution in [-0.4, -0.2) is 16.7 Å². The van der Waals surface area contributed by atoms with E-state index in [1.807, 2.05) is 0 Å². The number of phenols is 1. The predicted molar refractivity (Wildman–Crippen MR) is 81.9 cm³/mol.